The second-order valence-electron chi connectivity index (χ2n) is 4.76. The normalized spacial score (nSPS) is 11.8. The molecular weight excluding hydrogens is 278 g/mol. The van der Waals surface area contributed by atoms with E-state index < -0.39 is 17.4 Å². The predicted octanol–water partition coefficient (Wildman–Crippen LogP) is 1.72. The van der Waals surface area contributed by atoms with E-state index in [0.717, 1.165) is 44.0 Å². The average molecular weight is 302 g/mol. The summed E-state index contributed by atoms with van der Waals surface area (Å²) >= 11 is 0. The Bertz CT molecular complexity index is 441. The van der Waals surface area contributed by atoms with E-state index in [1.54, 1.807) is 0 Å². The number of nitrogens with zero attached hydrogens (tertiary/aromatic N) is 1. The molecule has 1 atom stereocenters. The Morgan fingerprint density at radius 1 is 1.29 bits per heavy atom. The number of benzene rings is 1. The molecule has 0 spiro atoms. The van der Waals surface area contributed by atoms with Gasteiger partial charge in [-0.2, -0.15) is 5.12 Å². The van der Waals surface area contributed by atoms with Crippen LogP contribution in [0.1, 0.15) is 43.5 Å². The molecule has 0 amide bonds. The van der Waals surface area contributed by atoms with Gasteiger partial charge in [-0.3, -0.25) is 16.5 Å². The first-order valence-electron chi connectivity index (χ1n) is 6.74. The van der Waals surface area contributed by atoms with Crippen LogP contribution in [-0.4, -0.2) is 23.5 Å². The highest BCUT2D eigenvalue weighted by atomic mass is 19.1. The summed E-state index contributed by atoms with van der Waals surface area (Å²) in [6, 6.07) is 3.05. The standard InChI is InChI=1S/C8H6F2O.C6H18N4/c1-5(11)7-4-6(9)2-3-8(7)10;1-6(10(8)9)4-2-3-5-7/h2-4H,1H3;6H,2-5,7-9H2,1H3. The summed E-state index contributed by atoms with van der Waals surface area (Å²) in [6.45, 7) is 3.94. The number of halogens is 2. The second kappa shape index (κ2) is 10.3. The van der Waals surface area contributed by atoms with Gasteiger partial charge in [0.15, 0.2) is 5.78 Å². The summed E-state index contributed by atoms with van der Waals surface area (Å²) in [4.78, 5) is 10.6. The maximum absolute atomic E-state index is 12.6. The number of carbonyl (C=O) groups excluding carboxylic acids is 1. The first kappa shape index (κ1) is 19.6. The van der Waals surface area contributed by atoms with Gasteiger partial charge in [0.1, 0.15) is 11.6 Å². The van der Waals surface area contributed by atoms with Crippen molar-refractivity contribution in [2.24, 2.45) is 17.4 Å². The third-order valence-corrected chi connectivity index (χ3v) is 2.89. The number of hydrogen-bond donors (Lipinski definition) is 3. The molecule has 1 aromatic rings. The molecule has 0 aromatic heterocycles. The van der Waals surface area contributed by atoms with E-state index in [1.165, 1.54) is 12.0 Å². The van der Waals surface area contributed by atoms with Crippen molar-refractivity contribution in [2.45, 2.75) is 39.2 Å². The zero-order valence-corrected chi connectivity index (χ0v) is 12.5. The second-order valence-corrected chi connectivity index (χ2v) is 4.76. The lowest BCUT2D eigenvalue weighted by molar-refractivity contribution is 0.101. The predicted molar refractivity (Wildman–Crippen MR) is 78.9 cm³/mol. The van der Waals surface area contributed by atoms with Gasteiger partial charge in [-0.1, -0.05) is 6.42 Å². The number of unbranched alkanes of at least 4 members (excludes halogenated alkanes) is 1. The summed E-state index contributed by atoms with van der Waals surface area (Å²) in [5.74, 6) is 8.84. The highest BCUT2D eigenvalue weighted by Gasteiger charge is 2.07. The lowest BCUT2D eigenvalue weighted by atomic mass is 10.1. The molecule has 0 radical (unpaired) electrons. The van der Waals surface area contributed by atoms with Gasteiger partial charge in [-0.15, -0.1) is 0 Å². The highest BCUT2D eigenvalue weighted by Crippen LogP contribution is 2.09. The summed E-state index contributed by atoms with van der Waals surface area (Å²) in [5.41, 5.74) is 5.11. The Labute approximate surface area is 124 Å². The van der Waals surface area contributed by atoms with Crippen LogP contribution in [0.5, 0.6) is 0 Å². The average Bonchev–Trinajstić information content (AvgIpc) is 2.42. The molecule has 7 heteroatoms. The SMILES string of the molecule is CC(=O)c1cc(F)ccc1F.CC(CCCCN)N(N)N. The van der Waals surface area contributed by atoms with E-state index >= 15 is 0 Å². The van der Waals surface area contributed by atoms with Crippen molar-refractivity contribution in [1.82, 2.24) is 5.12 Å². The monoisotopic (exact) mass is 302 g/mol. The lowest BCUT2D eigenvalue weighted by Gasteiger charge is -2.17. The molecule has 5 nitrogen and oxygen atoms in total. The Morgan fingerprint density at radius 2 is 1.90 bits per heavy atom. The summed E-state index contributed by atoms with van der Waals surface area (Å²) in [6.07, 6.45) is 3.17. The molecule has 6 N–H and O–H groups in total. The topological polar surface area (TPSA) is 98.4 Å². The van der Waals surface area contributed by atoms with Crippen LogP contribution < -0.4 is 17.4 Å². The Hall–Kier alpha value is -1.41. The van der Waals surface area contributed by atoms with Gasteiger partial charge >= 0.3 is 0 Å². The van der Waals surface area contributed by atoms with Gasteiger partial charge in [0.2, 0.25) is 0 Å². The third kappa shape index (κ3) is 8.46. The lowest BCUT2D eigenvalue weighted by Crippen LogP contribution is -2.44. The molecule has 0 bridgehead atoms. The maximum Gasteiger partial charge on any atom is 0.162 e. The zero-order valence-electron chi connectivity index (χ0n) is 12.5. The van der Waals surface area contributed by atoms with Crippen LogP contribution in [0.3, 0.4) is 0 Å². The molecule has 120 valence electrons. The molecule has 0 heterocycles. The number of rotatable bonds is 6. The Morgan fingerprint density at radius 3 is 2.33 bits per heavy atom. The molecule has 0 fully saturated rings. The van der Waals surface area contributed by atoms with E-state index in [9.17, 15) is 13.6 Å². The maximum atomic E-state index is 12.6. The number of hydrogen-bond acceptors (Lipinski definition) is 5. The molecule has 0 aliphatic heterocycles. The van der Waals surface area contributed by atoms with E-state index in [1.807, 2.05) is 6.92 Å². The number of ketones is 1. The summed E-state index contributed by atoms with van der Waals surface area (Å²) < 4.78 is 25.0. The molecular formula is C14H24F2N4O. The summed E-state index contributed by atoms with van der Waals surface area (Å²) in [5, 5.41) is 1.25. The minimum atomic E-state index is -0.682. The van der Waals surface area contributed by atoms with Crippen LogP contribution >= 0.6 is 0 Å². The number of nitrogens with two attached hydrogens (primary N) is 3. The van der Waals surface area contributed by atoms with Gasteiger partial charge in [0, 0.05) is 6.04 Å². The quantitative estimate of drug-likeness (QED) is 0.322. The van der Waals surface area contributed by atoms with Crippen molar-refractivity contribution in [2.75, 3.05) is 6.54 Å². The molecule has 0 saturated heterocycles. The number of carbonyl (C=O) groups is 1. The van der Waals surface area contributed by atoms with Crippen molar-refractivity contribution < 1.29 is 13.6 Å². The Balaban J connectivity index is 0.000000384. The number of Topliss-reactive ketones (excluding diaryl/α,β-unsaturated/α-hetero) is 1. The van der Waals surface area contributed by atoms with E-state index in [4.69, 9.17) is 17.4 Å². The van der Waals surface area contributed by atoms with Crippen molar-refractivity contribution in [1.29, 1.82) is 0 Å². The minimum Gasteiger partial charge on any atom is -0.330 e. The van der Waals surface area contributed by atoms with Crippen LogP contribution in [0.15, 0.2) is 18.2 Å². The van der Waals surface area contributed by atoms with Crippen LogP contribution in [0.2, 0.25) is 0 Å². The van der Waals surface area contributed by atoms with Gasteiger partial charge in [-0.25, -0.2) is 8.78 Å². The fourth-order valence-electron chi connectivity index (χ4n) is 1.50. The molecule has 1 rings (SSSR count). The third-order valence-electron chi connectivity index (χ3n) is 2.89. The first-order chi connectivity index (χ1) is 9.79. The van der Waals surface area contributed by atoms with Crippen molar-refractivity contribution >= 4 is 5.78 Å². The van der Waals surface area contributed by atoms with Gasteiger partial charge in [0.25, 0.3) is 0 Å². The molecule has 0 aliphatic carbocycles. The van der Waals surface area contributed by atoms with Gasteiger partial charge in [-0.05, 0) is 51.4 Å². The molecule has 21 heavy (non-hydrogen) atoms. The van der Waals surface area contributed by atoms with E-state index in [2.05, 4.69) is 0 Å². The minimum absolute atomic E-state index is 0.204. The Kier molecular flexibility index (Phi) is 9.64. The first-order valence-corrected chi connectivity index (χ1v) is 6.74. The zero-order chi connectivity index (χ0) is 16.4. The van der Waals surface area contributed by atoms with E-state index in [-0.39, 0.29) is 11.6 Å². The largest absolute Gasteiger partial charge is 0.330 e. The van der Waals surface area contributed by atoms with Crippen molar-refractivity contribution in [3.8, 4) is 0 Å². The van der Waals surface area contributed by atoms with Crippen molar-refractivity contribution in [3.63, 3.8) is 0 Å². The van der Waals surface area contributed by atoms with Crippen LogP contribution in [0.4, 0.5) is 8.78 Å². The van der Waals surface area contributed by atoms with Crippen LogP contribution in [-0.2, 0) is 0 Å². The molecule has 1 unspecified atom stereocenters. The smallest absolute Gasteiger partial charge is 0.162 e. The van der Waals surface area contributed by atoms with Crippen LogP contribution in [0, 0.1) is 11.6 Å². The molecule has 1 aromatic carbocycles. The fraction of sp³-hybridized carbons (Fsp3) is 0.500. The molecule has 0 aliphatic rings. The molecule has 0 saturated carbocycles. The van der Waals surface area contributed by atoms with Gasteiger partial charge < -0.3 is 5.73 Å². The van der Waals surface area contributed by atoms with Crippen molar-refractivity contribution in [3.05, 3.63) is 35.4 Å². The number of hydrazine groups is 2. The highest BCUT2D eigenvalue weighted by molar-refractivity contribution is 5.94. The summed E-state index contributed by atoms with van der Waals surface area (Å²) in [7, 11) is 0. The van der Waals surface area contributed by atoms with E-state index in [0.29, 0.717) is 0 Å². The van der Waals surface area contributed by atoms with Gasteiger partial charge in [0.05, 0.1) is 5.56 Å². The fourth-order valence-corrected chi connectivity index (χ4v) is 1.50. The van der Waals surface area contributed by atoms with Crippen LogP contribution in [0.25, 0.3) is 0 Å².